The van der Waals surface area contributed by atoms with E-state index >= 15 is 0 Å². The molecule has 1 heterocycles. The Balaban J connectivity index is 2.16. The molecule has 0 radical (unpaired) electrons. The second-order valence-corrected chi connectivity index (χ2v) is 9.50. The van der Waals surface area contributed by atoms with Gasteiger partial charge in [0, 0.05) is 12.5 Å². The van der Waals surface area contributed by atoms with Crippen molar-refractivity contribution in [3.8, 4) is 0 Å². The van der Waals surface area contributed by atoms with Crippen molar-refractivity contribution in [2.45, 2.75) is 71.8 Å². The summed E-state index contributed by atoms with van der Waals surface area (Å²) in [7, 11) is 0. The molecular formula is C24H37NO6. The Morgan fingerprint density at radius 3 is 2.48 bits per heavy atom. The second kappa shape index (κ2) is 11.5. The molecule has 0 spiro atoms. The molecule has 1 aliphatic rings. The third-order valence-electron chi connectivity index (χ3n) is 4.88. The van der Waals surface area contributed by atoms with Crippen LogP contribution in [-0.2, 0) is 30.2 Å². The minimum absolute atomic E-state index is 0.00953. The fourth-order valence-electron chi connectivity index (χ4n) is 3.37. The first-order chi connectivity index (χ1) is 14.5. The maximum absolute atomic E-state index is 12.8. The third-order valence-corrected chi connectivity index (χ3v) is 4.88. The summed E-state index contributed by atoms with van der Waals surface area (Å²) in [4.78, 5) is 25.0. The van der Waals surface area contributed by atoms with E-state index in [1.165, 1.54) is 0 Å². The summed E-state index contributed by atoms with van der Waals surface area (Å²) in [6.45, 7) is 12.2. The van der Waals surface area contributed by atoms with Crippen LogP contribution in [0.2, 0.25) is 0 Å². The fourth-order valence-corrected chi connectivity index (χ4v) is 3.37. The number of ether oxygens (including phenoxy) is 4. The summed E-state index contributed by atoms with van der Waals surface area (Å²) in [6, 6.07) is 9.10. The number of esters is 1. The minimum atomic E-state index is -0.946. The summed E-state index contributed by atoms with van der Waals surface area (Å²) in [5.41, 5.74) is 0.466. The molecule has 1 aliphatic heterocycles. The van der Waals surface area contributed by atoms with Crippen molar-refractivity contribution in [3.63, 3.8) is 0 Å². The number of hydrogen-bond donors (Lipinski definition) is 1. The highest BCUT2D eigenvalue weighted by Crippen LogP contribution is 2.24. The van der Waals surface area contributed by atoms with Crippen molar-refractivity contribution in [2.75, 3.05) is 19.8 Å². The molecule has 0 aromatic heterocycles. The van der Waals surface area contributed by atoms with Crippen LogP contribution in [0.25, 0.3) is 0 Å². The van der Waals surface area contributed by atoms with Crippen LogP contribution < -0.4 is 5.32 Å². The topological polar surface area (TPSA) is 83.1 Å². The SMILES string of the molecule is CC(C)COC1COCC(NC(=O)OC(C)(C)C)C(=O)OC(C)C1Cc1ccccc1. The molecule has 1 aromatic carbocycles. The van der Waals surface area contributed by atoms with E-state index in [2.05, 4.69) is 31.3 Å². The maximum atomic E-state index is 12.8. The number of benzene rings is 1. The second-order valence-electron chi connectivity index (χ2n) is 9.50. The molecule has 174 valence electrons. The fraction of sp³-hybridized carbons (Fsp3) is 0.667. The Morgan fingerprint density at radius 2 is 1.87 bits per heavy atom. The van der Waals surface area contributed by atoms with Crippen molar-refractivity contribution < 1.29 is 28.5 Å². The molecule has 1 aromatic rings. The highest BCUT2D eigenvalue weighted by molar-refractivity contribution is 5.81. The molecule has 1 saturated heterocycles. The van der Waals surface area contributed by atoms with E-state index in [0.29, 0.717) is 25.6 Å². The number of carbonyl (C=O) groups is 2. The highest BCUT2D eigenvalue weighted by Gasteiger charge is 2.36. The number of carbonyl (C=O) groups excluding carboxylic acids is 2. The average Bonchev–Trinajstić information content (AvgIpc) is 2.71. The molecule has 4 unspecified atom stereocenters. The first kappa shape index (κ1) is 25.1. The van der Waals surface area contributed by atoms with Crippen LogP contribution in [-0.4, -0.2) is 55.7 Å². The van der Waals surface area contributed by atoms with Crippen molar-refractivity contribution >= 4 is 12.1 Å². The monoisotopic (exact) mass is 435 g/mol. The number of amides is 1. The zero-order valence-corrected chi connectivity index (χ0v) is 19.6. The maximum Gasteiger partial charge on any atom is 0.408 e. The Kier molecular flexibility index (Phi) is 9.32. The number of cyclic esters (lactones) is 1. The molecule has 1 amide bonds. The zero-order chi connectivity index (χ0) is 23.0. The minimum Gasteiger partial charge on any atom is -0.461 e. The van der Waals surface area contributed by atoms with Gasteiger partial charge in [-0.25, -0.2) is 9.59 Å². The van der Waals surface area contributed by atoms with Gasteiger partial charge in [-0.05, 0) is 45.6 Å². The van der Waals surface area contributed by atoms with Crippen LogP contribution in [0.3, 0.4) is 0 Å². The van der Waals surface area contributed by atoms with E-state index in [-0.39, 0.29) is 18.6 Å². The highest BCUT2D eigenvalue weighted by atomic mass is 16.6. The van der Waals surface area contributed by atoms with Crippen LogP contribution in [0.1, 0.15) is 47.1 Å². The van der Waals surface area contributed by atoms with Gasteiger partial charge < -0.3 is 24.3 Å². The number of nitrogens with one attached hydrogen (secondary N) is 1. The zero-order valence-electron chi connectivity index (χ0n) is 19.6. The van der Waals surface area contributed by atoms with E-state index in [1.54, 1.807) is 20.8 Å². The van der Waals surface area contributed by atoms with Gasteiger partial charge in [-0.1, -0.05) is 44.2 Å². The van der Waals surface area contributed by atoms with Gasteiger partial charge in [-0.2, -0.15) is 0 Å². The lowest BCUT2D eigenvalue weighted by Crippen LogP contribution is -2.47. The van der Waals surface area contributed by atoms with E-state index < -0.39 is 29.8 Å². The van der Waals surface area contributed by atoms with Gasteiger partial charge in [-0.3, -0.25) is 0 Å². The molecular weight excluding hydrogens is 398 g/mol. The van der Waals surface area contributed by atoms with Gasteiger partial charge in [0.25, 0.3) is 0 Å². The molecule has 7 nitrogen and oxygen atoms in total. The molecule has 2 rings (SSSR count). The lowest BCUT2D eigenvalue weighted by molar-refractivity contribution is -0.155. The molecule has 0 saturated carbocycles. The summed E-state index contributed by atoms with van der Waals surface area (Å²) in [6.07, 6.45) is -0.662. The molecule has 7 heteroatoms. The predicted molar refractivity (Wildman–Crippen MR) is 118 cm³/mol. The number of rotatable bonds is 6. The first-order valence-corrected chi connectivity index (χ1v) is 11.0. The molecule has 0 aliphatic carbocycles. The number of hydrogen-bond acceptors (Lipinski definition) is 6. The molecule has 31 heavy (non-hydrogen) atoms. The van der Waals surface area contributed by atoms with Gasteiger partial charge in [0.1, 0.15) is 11.7 Å². The first-order valence-electron chi connectivity index (χ1n) is 11.0. The van der Waals surface area contributed by atoms with Crippen LogP contribution in [0.5, 0.6) is 0 Å². The normalized spacial score (nSPS) is 25.2. The van der Waals surface area contributed by atoms with Gasteiger partial charge in [0.2, 0.25) is 0 Å². The number of alkyl carbamates (subject to hydrolysis) is 1. The van der Waals surface area contributed by atoms with Crippen molar-refractivity contribution in [2.24, 2.45) is 11.8 Å². The van der Waals surface area contributed by atoms with Gasteiger partial charge in [0.05, 0.1) is 19.3 Å². The van der Waals surface area contributed by atoms with Crippen molar-refractivity contribution in [1.82, 2.24) is 5.32 Å². The Hall–Kier alpha value is -2.12. The van der Waals surface area contributed by atoms with E-state index in [0.717, 1.165) is 5.56 Å². The lowest BCUT2D eigenvalue weighted by atomic mass is 9.89. The summed E-state index contributed by atoms with van der Waals surface area (Å²) < 4.78 is 23.0. The molecule has 4 atom stereocenters. The molecule has 1 N–H and O–H groups in total. The van der Waals surface area contributed by atoms with Crippen molar-refractivity contribution in [1.29, 1.82) is 0 Å². The largest absolute Gasteiger partial charge is 0.461 e. The summed E-state index contributed by atoms with van der Waals surface area (Å²) >= 11 is 0. The third kappa shape index (κ3) is 8.87. The van der Waals surface area contributed by atoms with Gasteiger partial charge in [-0.15, -0.1) is 0 Å². The Bertz CT molecular complexity index is 700. The average molecular weight is 436 g/mol. The van der Waals surface area contributed by atoms with E-state index in [9.17, 15) is 9.59 Å². The van der Waals surface area contributed by atoms with Gasteiger partial charge in [0.15, 0.2) is 6.04 Å². The Labute approximate surface area is 185 Å². The van der Waals surface area contributed by atoms with E-state index in [4.69, 9.17) is 18.9 Å². The smallest absolute Gasteiger partial charge is 0.408 e. The quantitative estimate of drug-likeness (QED) is 0.686. The van der Waals surface area contributed by atoms with Crippen LogP contribution >= 0.6 is 0 Å². The van der Waals surface area contributed by atoms with Crippen LogP contribution in [0, 0.1) is 11.8 Å². The summed E-state index contributed by atoms with van der Waals surface area (Å²) in [5, 5.41) is 2.57. The molecule has 1 fully saturated rings. The predicted octanol–water partition coefficient (Wildman–Crippen LogP) is 3.74. The van der Waals surface area contributed by atoms with Crippen molar-refractivity contribution in [3.05, 3.63) is 35.9 Å². The van der Waals surface area contributed by atoms with Gasteiger partial charge >= 0.3 is 12.1 Å². The van der Waals surface area contributed by atoms with Crippen LogP contribution in [0.15, 0.2) is 30.3 Å². The lowest BCUT2D eigenvalue weighted by Gasteiger charge is -2.31. The van der Waals surface area contributed by atoms with Crippen LogP contribution in [0.4, 0.5) is 4.79 Å². The standard InChI is InChI=1S/C24H37NO6/c1-16(2)13-29-21-15-28-14-20(25-23(27)31-24(4,5)6)22(26)30-17(3)19(21)12-18-10-8-7-9-11-18/h7-11,16-17,19-21H,12-15H2,1-6H3,(H,25,27). The summed E-state index contributed by atoms with van der Waals surface area (Å²) in [5.74, 6) is -0.268. The van der Waals surface area contributed by atoms with E-state index in [1.807, 2.05) is 25.1 Å². The molecule has 0 bridgehead atoms. The Morgan fingerprint density at radius 1 is 1.19 bits per heavy atom.